The van der Waals surface area contributed by atoms with Gasteiger partial charge in [0.15, 0.2) is 0 Å². The Bertz CT molecular complexity index is 363. The number of rotatable bonds is 2. The first-order valence-electron chi connectivity index (χ1n) is 4.81. The summed E-state index contributed by atoms with van der Waals surface area (Å²) in [6.45, 7) is 2.64. The molecule has 2 rings (SSSR count). The van der Waals surface area contributed by atoms with Gasteiger partial charge in [0.05, 0.1) is 6.54 Å². The van der Waals surface area contributed by atoms with Crippen molar-refractivity contribution in [2.24, 2.45) is 0 Å². The Kier molecular flexibility index (Phi) is 2.95. The summed E-state index contributed by atoms with van der Waals surface area (Å²) in [5.74, 6) is 0. The van der Waals surface area contributed by atoms with Gasteiger partial charge in [-0.15, -0.1) is 0 Å². The summed E-state index contributed by atoms with van der Waals surface area (Å²) >= 11 is 3.31. The van der Waals surface area contributed by atoms with Crippen molar-refractivity contribution in [3.8, 4) is 0 Å². The summed E-state index contributed by atoms with van der Waals surface area (Å²) in [7, 11) is 0. The molecule has 0 bridgehead atoms. The van der Waals surface area contributed by atoms with E-state index in [4.69, 9.17) is 4.74 Å². The predicted molar refractivity (Wildman–Crippen MR) is 62.6 cm³/mol. The Morgan fingerprint density at radius 3 is 2.67 bits per heavy atom. The molecule has 1 aromatic carbocycles. The van der Waals surface area contributed by atoms with Gasteiger partial charge in [-0.2, -0.15) is 0 Å². The number of aryl methyl sites for hydroxylation is 1. The van der Waals surface area contributed by atoms with Gasteiger partial charge in [0.1, 0.15) is 6.10 Å². The number of carbonyl (C=O) groups excluding carboxylic acids is 1. The molecule has 0 spiro atoms. The molecule has 1 amide bonds. The Balaban J connectivity index is 2.18. The lowest BCUT2D eigenvalue weighted by molar-refractivity contribution is 0.152. The van der Waals surface area contributed by atoms with Crippen molar-refractivity contribution in [3.05, 3.63) is 29.8 Å². The van der Waals surface area contributed by atoms with E-state index in [1.807, 2.05) is 31.2 Å². The van der Waals surface area contributed by atoms with Gasteiger partial charge in [-0.25, -0.2) is 4.79 Å². The molecule has 1 fully saturated rings. The van der Waals surface area contributed by atoms with E-state index in [-0.39, 0.29) is 12.2 Å². The molecule has 0 unspecified atom stereocenters. The first-order chi connectivity index (χ1) is 7.20. The number of alkyl halides is 1. The largest absolute Gasteiger partial charge is 0.443 e. The standard InChI is InChI=1S/C11H12BrNO2/c1-8-2-4-9(5-3-8)13-7-10(6-12)15-11(13)14/h2-5,10H,6-7H2,1H3/t10-/m0/s1. The van der Waals surface area contributed by atoms with E-state index in [2.05, 4.69) is 15.9 Å². The Hall–Kier alpha value is -1.03. The molecule has 0 N–H and O–H groups in total. The molecule has 1 saturated heterocycles. The van der Waals surface area contributed by atoms with Crippen LogP contribution in [0.25, 0.3) is 0 Å². The number of halogens is 1. The smallest absolute Gasteiger partial charge is 0.414 e. The normalized spacial score (nSPS) is 20.5. The van der Waals surface area contributed by atoms with Crippen molar-refractivity contribution in [1.29, 1.82) is 0 Å². The van der Waals surface area contributed by atoms with E-state index in [1.165, 1.54) is 5.56 Å². The highest BCUT2D eigenvalue weighted by Crippen LogP contribution is 2.22. The number of carbonyl (C=O) groups is 1. The summed E-state index contributed by atoms with van der Waals surface area (Å²) in [5, 5.41) is 0.682. The van der Waals surface area contributed by atoms with Crippen LogP contribution in [0.4, 0.5) is 10.5 Å². The van der Waals surface area contributed by atoms with Crippen LogP contribution in [0.1, 0.15) is 5.56 Å². The number of ether oxygens (including phenoxy) is 1. The highest BCUT2D eigenvalue weighted by molar-refractivity contribution is 9.09. The molecular weight excluding hydrogens is 258 g/mol. The number of anilines is 1. The average Bonchev–Trinajstić information content (AvgIpc) is 2.61. The van der Waals surface area contributed by atoms with Gasteiger partial charge in [0.25, 0.3) is 0 Å². The van der Waals surface area contributed by atoms with E-state index < -0.39 is 0 Å². The Morgan fingerprint density at radius 2 is 2.13 bits per heavy atom. The highest BCUT2D eigenvalue weighted by atomic mass is 79.9. The molecule has 15 heavy (non-hydrogen) atoms. The van der Waals surface area contributed by atoms with Crippen LogP contribution >= 0.6 is 15.9 Å². The summed E-state index contributed by atoms with van der Waals surface area (Å²) in [4.78, 5) is 13.2. The minimum Gasteiger partial charge on any atom is -0.443 e. The zero-order valence-corrected chi connectivity index (χ0v) is 10.0. The molecule has 0 aromatic heterocycles. The fourth-order valence-corrected chi connectivity index (χ4v) is 1.87. The van der Waals surface area contributed by atoms with Gasteiger partial charge in [0, 0.05) is 11.0 Å². The number of hydrogen-bond acceptors (Lipinski definition) is 2. The molecule has 1 aromatic rings. The molecular formula is C11H12BrNO2. The topological polar surface area (TPSA) is 29.5 Å². The first-order valence-corrected chi connectivity index (χ1v) is 5.93. The SMILES string of the molecule is Cc1ccc(N2C[C@H](CBr)OC2=O)cc1. The van der Waals surface area contributed by atoms with Crippen LogP contribution in [0, 0.1) is 6.92 Å². The van der Waals surface area contributed by atoms with Crippen LogP contribution in [0.15, 0.2) is 24.3 Å². The van der Waals surface area contributed by atoms with Crippen molar-refractivity contribution in [2.75, 3.05) is 16.8 Å². The van der Waals surface area contributed by atoms with Crippen LogP contribution in [-0.2, 0) is 4.74 Å². The second kappa shape index (κ2) is 4.23. The maximum absolute atomic E-state index is 11.5. The summed E-state index contributed by atoms with van der Waals surface area (Å²) in [6, 6.07) is 7.86. The molecule has 1 aliphatic heterocycles. The third kappa shape index (κ3) is 2.15. The third-order valence-corrected chi connectivity index (χ3v) is 3.11. The quantitative estimate of drug-likeness (QED) is 0.773. The van der Waals surface area contributed by atoms with Crippen LogP contribution in [0.3, 0.4) is 0 Å². The molecule has 1 aliphatic rings. The average molecular weight is 270 g/mol. The number of hydrogen-bond donors (Lipinski definition) is 0. The second-order valence-corrected chi connectivity index (χ2v) is 4.25. The first kappa shape index (κ1) is 10.5. The van der Waals surface area contributed by atoms with Gasteiger partial charge in [-0.3, -0.25) is 4.90 Å². The third-order valence-electron chi connectivity index (χ3n) is 2.39. The van der Waals surface area contributed by atoms with E-state index in [0.717, 1.165) is 5.69 Å². The van der Waals surface area contributed by atoms with E-state index in [1.54, 1.807) is 4.90 Å². The zero-order valence-electron chi connectivity index (χ0n) is 8.44. The second-order valence-electron chi connectivity index (χ2n) is 3.61. The van der Waals surface area contributed by atoms with Crippen molar-refractivity contribution >= 4 is 27.7 Å². The van der Waals surface area contributed by atoms with Crippen LogP contribution < -0.4 is 4.90 Å². The molecule has 1 atom stereocenters. The molecule has 0 radical (unpaired) electrons. The highest BCUT2D eigenvalue weighted by Gasteiger charge is 2.31. The lowest BCUT2D eigenvalue weighted by Crippen LogP contribution is -2.24. The fourth-order valence-electron chi connectivity index (χ4n) is 1.54. The van der Waals surface area contributed by atoms with Gasteiger partial charge in [-0.05, 0) is 19.1 Å². The van der Waals surface area contributed by atoms with Crippen molar-refractivity contribution in [1.82, 2.24) is 0 Å². The predicted octanol–water partition coefficient (Wildman–Crippen LogP) is 2.72. The molecule has 0 aliphatic carbocycles. The van der Waals surface area contributed by atoms with Crippen LogP contribution in [-0.4, -0.2) is 24.1 Å². The Labute approximate surface area is 97.2 Å². The summed E-state index contributed by atoms with van der Waals surface area (Å²) in [6.07, 6.45) is -0.304. The van der Waals surface area contributed by atoms with Crippen molar-refractivity contribution < 1.29 is 9.53 Å². The van der Waals surface area contributed by atoms with E-state index in [0.29, 0.717) is 11.9 Å². The molecule has 0 saturated carbocycles. The van der Waals surface area contributed by atoms with Gasteiger partial charge < -0.3 is 4.74 Å². The van der Waals surface area contributed by atoms with Gasteiger partial charge >= 0.3 is 6.09 Å². The monoisotopic (exact) mass is 269 g/mol. The van der Waals surface area contributed by atoms with Crippen LogP contribution in [0.5, 0.6) is 0 Å². The van der Waals surface area contributed by atoms with Crippen molar-refractivity contribution in [2.45, 2.75) is 13.0 Å². The molecule has 4 heteroatoms. The number of nitrogens with zero attached hydrogens (tertiary/aromatic N) is 1. The van der Waals surface area contributed by atoms with Gasteiger partial charge in [0.2, 0.25) is 0 Å². The van der Waals surface area contributed by atoms with Crippen LogP contribution in [0.2, 0.25) is 0 Å². The maximum atomic E-state index is 11.5. The molecule has 1 heterocycles. The minimum absolute atomic E-state index is 0.0428. The van der Waals surface area contributed by atoms with Gasteiger partial charge in [-0.1, -0.05) is 33.6 Å². The molecule has 80 valence electrons. The maximum Gasteiger partial charge on any atom is 0.414 e. The zero-order chi connectivity index (χ0) is 10.8. The van der Waals surface area contributed by atoms with E-state index >= 15 is 0 Å². The number of cyclic esters (lactones) is 1. The molecule has 3 nitrogen and oxygen atoms in total. The van der Waals surface area contributed by atoms with Crippen molar-refractivity contribution in [3.63, 3.8) is 0 Å². The Morgan fingerprint density at radius 1 is 1.47 bits per heavy atom. The number of benzene rings is 1. The fraction of sp³-hybridized carbons (Fsp3) is 0.364. The summed E-state index contributed by atoms with van der Waals surface area (Å²) < 4.78 is 5.15. The summed E-state index contributed by atoms with van der Waals surface area (Å²) in [5.41, 5.74) is 2.08. The lowest BCUT2D eigenvalue weighted by Gasteiger charge is -2.12. The lowest BCUT2D eigenvalue weighted by atomic mass is 10.2. The van der Waals surface area contributed by atoms with E-state index in [9.17, 15) is 4.79 Å². The minimum atomic E-state index is -0.261. The number of amides is 1.